The molecule has 0 unspecified atom stereocenters. The molecule has 8 heteroatoms. The molecule has 0 saturated heterocycles. The minimum Gasteiger partial charge on any atom is -0.493 e. The summed E-state index contributed by atoms with van der Waals surface area (Å²) in [6, 6.07) is 23.6. The van der Waals surface area contributed by atoms with Crippen molar-refractivity contribution in [3.05, 3.63) is 94.9 Å². The van der Waals surface area contributed by atoms with Gasteiger partial charge in [0, 0.05) is 16.7 Å². The lowest BCUT2D eigenvalue weighted by Crippen LogP contribution is -2.34. The van der Waals surface area contributed by atoms with Gasteiger partial charge in [-0.2, -0.15) is 10.1 Å². The Hall–Kier alpha value is -4.30. The van der Waals surface area contributed by atoms with Crippen LogP contribution in [0.15, 0.2) is 83.7 Å². The van der Waals surface area contributed by atoms with E-state index < -0.39 is 11.8 Å². The second kappa shape index (κ2) is 10.8. The average Bonchev–Trinajstić information content (AvgIpc) is 2.89. The summed E-state index contributed by atoms with van der Waals surface area (Å²) in [5.41, 5.74) is 2.49. The minimum atomic E-state index is -1.05. The Labute approximate surface area is 202 Å². The van der Waals surface area contributed by atoms with Gasteiger partial charge < -0.3 is 14.6 Å². The lowest BCUT2D eigenvalue weighted by Gasteiger charge is -2.16. The van der Waals surface area contributed by atoms with Crippen molar-refractivity contribution < 1.29 is 19.4 Å². The van der Waals surface area contributed by atoms with Crippen LogP contribution in [0.5, 0.6) is 11.5 Å². The van der Waals surface area contributed by atoms with Crippen LogP contribution in [0.1, 0.15) is 17.3 Å². The van der Waals surface area contributed by atoms with Gasteiger partial charge in [-0.15, -0.1) is 0 Å². The summed E-state index contributed by atoms with van der Waals surface area (Å²) in [5, 5.41) is 15.1. The summed E-state index contributed by atoms with van der Waals surface area (Å²) in [4.78, 5) is 28.7. The maximum absolute atomic E-state index is 12.8. The Morgan fingerprint density at radius 1 is 0.943 bits per heavy atom. The molecule has 1 N–H and O–H groups in total. The predicted octanol–water partition coefficient (Wildman–Crippen LogP) is 3.62. The fourth-order valence-electron chi connectivity index (χ4n) is 3.57. The van der Waals surface area contributed by atoms with Gasteiger partial charge in [-0.1, -0.05) is 60.7 Å². The maximum Gasteiger partial charge on any atom is 0.364 e. The number of nitrogens with zero attached hydrogens (tertiary/aromatic N) is 3. The first-order valence-electron chi connectivity index (χ1n) is 11.1. The van der Waals surface area contributed by atoms with Crippen LogP contribution in [-0.2, 0) is 6.54 Å². The topological polar surface area (TPSA) is 104 Å². The number of ketones is 1. The van der Waals surface area contributed by atoms with E-state index in [0.717, 1.165) is 15.8 Å². The average molecular weight is 472 g/mol. The zero-order valence-electron chi connectivity index (χ0n) is 19.4. The molecule has 0 amide bonds. The highest BCUT2D eigenvalue weighted by Gasteiger charge is 2.17. The molecule has 0 aliphatic carbocycles. The standard InChI is InChI=1S/C27H25N3O5/c1-18(31)21-13-14-23(24(15-21)34-2)35-17-22(32)16-30-27(33)28-25(19-9-5-3-6-10-19)26(29-30)20-11-7-4-8-12-20/h3-15,22,32H,16-17H2,1-2H3/t22-/m1/s1. The summed E-state index contributed by atoms with van der Waals surface area (Å²) in [6.45, 7) is 1.23. The molecule has 0 fully saturated rings. The van der Waals surface area contributed by atoms with Crippen molar-refractivity contribution >= 4 is 5.78 Å². The van der Waals surface area contributed by atoms with Crippen molar-refractivity contribution in [3.63, 3.8) is 0 Å². The number of aliphatic hydroxyl groups is 1. The quantitative estimate of drug-likeness (QED) is 0.372. The summed E-state index contributed by atoms with van der Waals surface area (Å²) in [5.74, 6) is 0.654. The Morgan fingerprint density at radius 2 is 1.57 bits per heavy atom. The van der Waals surface area contributed by atoms with Gasteiger partial charge in [-0.25, -0.2) is 9.48 Å². The van der Waals surface area contributed by atoms with Crippen LogP contribution < -0.4 is 15.2 Å². The number of carbonyl (C=O) groups is 1. The van der Waals surface area contributed by atoms with Gasteiger partial charge in [0.1, 0.15) is 24.1 Å². The summed E-state index contributed by atoms with van der Waals surface area (Å²) in [6.07, 6.45) is -1.05. The fraction of sp³-hybridized carbons (Fsp3) is 0.185. The number of carbonyl (C=O) groups excluding carboxylic acids is 1. The van der Waals surface area contributed by atoms with E-state index in [4.69, 9.17) is 9.47 Å². The largest absolute Gasteiger partial charge is 0.493 e. The van der Waals surface area contributed by atoms with Crippen LogP contribution in [-0.4, -0.2) is 45.5 Å². The molecule has 4 rings (SSSR count). The number of ether oxygens (including phenoxy) is 2. The highest BCUT2D eigenvalue weighted by Crippen LogP contribution is 2.29. The van der Waals surface area contributed by atoms with Crippen LogP contribution >= 0.6 is 0 Å². The third kappa shape index (κ3) is 5.62. The van der Waals surface area contributed by atoms with Crippen molar-refractivity contribution in [1.82, 2.24) is 14.8 Å². The monoisotopic (exact) mass is 471 g/mol. The van der Waals surface area contributed by atoms with Gasteiger partial charge in [-0.3, -0.25) is 4.79 Å². The number of benzene rings is 3. The second-order valence-corrected chi connectivity index (χ2v) is 7.89. The molecule has 1 atom stereocenters. The van der Waals surface area contributed by atoms with E-state index in [9.17, 15) is 14.7 Å². The van der Waals surface area contributed by atoms with E-state index in [1.54, 1.807) is 18.2 Å². The highest BCUT2D eigenvalue weighted by atomic mass is 16.5. The minimum absolute atomic E-state index is 0.0963. The zero-order chi connectivity index (χ0) is 24.8. The number of rotatable bonds is 9. The normalized spacial score (nSPS) is 11.6. The smallest absolute Gasteiger partial charge is 0.364 e. The Bertz CT molecular complexity index is 1370. The zero-order valence-corrected chi connectivity index (χ0v) is 19.4. The molecule has 1 aromatic heterocycles. The van der Waals surface area contributed by atoms with Crippen molar-refractivity contribution in [3.8, 4) is 34.0 Å². The Kier molecular flexibility index (Phi) is 7.32. The van der Waals surface area contributed by atoms with Crippen LogP contribution in [0, 0.1) is 0 Å². The van der Waals surface area contributed by atoms with Gasteiger partial charge >= 0.3 is 5.69 Å². The first-order valence-corrected chi connectivity index (χ1v) is 11.1. The highest BCUT2D eigenvalue weighted by molar-refractivity contribution is 5.94. The van der Waals surface area contributed by atoms with E-state index in [1.165, 1.54) is 14.0 Å². The number of aliphatic hydroxyl groups excluding tert-OH is 1. The van der Waals surface area contributed by atoms with Crippen molar-refractivity contribution in [2.45, 2.75) is 19.6 Å². The lowest BCUT2D eigenvalue weighted by molar-refractivity contribution is 0.0861. The number of hydrogen-bond acceptors (Lipinski definition) is 7. The van der Waals surface area contributed by atoms with Gasteiger partial charge in [0.05, 0.1) is 13.7 Å². The molecule has 0 saturated carbocycles. The van der Waals surface area contributed by atoms with Crippen LogP contribution in [0.2, 0.25) is 0 Å². The van der Waals surface area contributed by atoms with Crippen molar-refractivity contribution in [2.24, 2.45) is 0 Å². The second-order valence-electron chi connectivity index (χ2n) is 7.89. The van der Waals surface area contributed by atoms with Gasteiger partial charge in [-0.05, 0) is 25.1 Å². The number of hydrogen-bond donors (Lipinski definition) is 1. The van der Waals surface area contributed by atoms with Gasteiger partial charge in [0.15, 0.2) is 17.3 Å². The number of aromatic nitrogens is 3. The Morgan fingerprint density at radius 3 is 2.17 bits per heavy atom. The van der Waals surface area contributed by atoms with Crippen LogP contribution in [0.3, 0.4) is 0 Å². The van der Waals surface area contributed by atoms with E-state index >= 15 is 0 Å². The van der Waals surface area contributed by atoms with Crippen molar-refractivity contribution in [1.29, 1.82) is 0 Å². The van der Waals surface area contributed by atoms with Crippen LogP contribution in [0.4, 0.5) is 0 Å². The van der Waals surface area contributed by atoms with E-state index in [-0.39, 0.29) is 18.9 Å². The molecule has 0 aliphatic rings. The fourth-order valence-corrected chi connectivity index (χ4v) is 3.57. The maximum atomic E-state index is 12.8. The third-order valence-electron chi connectivity index (χ3n) is 5.35. The molecule has 0 bridgehead atoms. The molecule has 8 nitrogen and oxygen atoms in total. The molecule has 178 valence electrons. The van der Waals surface area contributed by atoms with Gasteiger partial charge in [0.25, 0.3) is 0 Å². The summed E-state index contributed by atoms with van der Waals surface area (Å²) < 4.78 is 12.1. The number of methoxy groups -OCH3 is 1. The van der Waals surface area contributed by atoms with E-state index in [0.29, 0.717) is 28.5 Å². The molecule has 35 heavy (non-hydrogen) atoms. The van der Waals surface area contributed by atoms with Gasteiger partial charge in [0.2, 0.25) is 0 Å². The molecule has 4 aromatic rings. The van der Waals surface area contributed by atoms with E-state index in [2.05, 4.69) is 10.1 Å². The molecular formula is C27H25N3O5. The first-order chi connectivity index (χ1) is 17.0. The molecular weight excluding hydrogens is 446 g/mol. The summed E-state index contributed by atoms with van der Waals surface area (Å²) >= 11 is 0. The van der Waals surface area contributed by atoms with E-state index in [1.807, 2.05) is 60.7 Å². The lowest BCUT2D eigenvalue weighted by atomic mass is 10.0. The van der Waals surface area contributed by atoms with Crippen molar-refractivity contribution in [2.75, 3.05) is 13.7 Å². The first kappa shape index (κ1) is 23.8. The third-order valence-corrected chi connectivity index (χ3v) is 5.35. The predicted molar refractivity (Wildman–Crippen MR) is 132 cm³/mol. The molecule has 0 spiro atoms. The molecule has 3 aromatic carbocycles. The molecule has 0 radical (unpaired) electrons. The SMILES string of the molecule is COc1cc(C(C)=O)ccc1OC[C@H](O)Cn1nc(-c2ccccc2)c(-c2ccccc2)nc1=O. The molecule has 1 heterocycles. The summed E-state index contributed by atoms with van der Waals surface area (Å²) in [7, 11) is 1.47. The Balaban J connectivity index is 1.58. The molecule has 0 aliphatic heterocycles. The van der Waals surface area contributed by atoms with Crippen LogP contribution in [0.25, 0.3) is 22.5 Å². The number of Topliss-reactive ketones (excluding diaryl/α,β-unsaturated/α-hetero) is 1.